The van der Waals surface area contributed by atoms with E-state index in [0.717, 1.165) is 25.1 Å². The lowest BCUT2D eigenvalue weighted by molar-refractivity contribution is -0.127. The third-order valence-corrected chi connectivity index (χ3v) is 3.99. The Kier molecular flexibility index (Phi) is 6.08. The molecule has 0 spiro atoms. The van der Waals surface area contributed by atoms with Crippen molar-refractivity contribution in [1.82, 2.24) is 4.90 Å². The first-order chi connectivity index (χ1) is 11.0. The standard InChI is InChI=1S/C19H28N2O2/c1-14(2)13-23-18-8-6-16(11-17(18)20)7-9-19(22)21-10-4-5-15(3)12-21/h6-9,11,14-15H,4-5,10,12-13,20H2,1-3H3/b9-7-. The molecule has 1 atom stereocenters. The number of carbonyl (C=O) groups is 1. The average Bonchev–Trinajstić information content (AvgIpc) is 2.51. The molecule has 1 aliphatic rings. The van der Waals surface area contributed by atoms with Crippen LogP contribution in [0.2, 0.25) is 0 Å². The van der Waals surface area contributed by atoms with E-state index in [1.54, 1.807) is 6.08 Å². The molecule has 1 heterocycles. The summed E-state index contributed by atoms with van der Waals surface area (Å²) in [5.74, 6) is 1.83. The zero-order valence-electron chi connectivity index (χ0n) is 14.4. The number of likely N-dealkylation sites (tertiary alicyclic amines) is 1. The van der Waals surface area contributed by atoms with Gasteiger partial charge in [0.15, 0.2) is 0 Å². The Morgan fingerprint density at radius 3 is 2.91 bits per heavy atom. The number of carbonyl (C=O) groups excluding carboxylic acids is 1. The highest BCUT2D eigenvalue weighted by atomic mass is 16.5. The summed E-state index contributed by atoms with van der Waals surface area (Å²) in [7, 11) is 0. The van der Waals surface area contributed by atoms with Gasteiger partial charge in [0.05, 0.1) is 12.3 Å². The molecule has 4 nitrogen and oxygen atoms in total. The summed E-state index contributed by atoms with van der Waals surface area (Å²) in [5, 5.41) is 0. The van der Waals surface area contributed by atoms with Crippen LogP contribution in [0.3, 0.4) is 0 Å². The van der Waals surface area contributed by atoms with Crippen molar-refractivity contribution in [2.24, 2.45) is 11.8 Å². The number of nitrogens with two attached hydrogens (primary N) is 1. The summed E-state index contributed by atoms with van der Waals surface area (Å²) in [4.78, 5) is 14.2. The molecule has 4 heteroatoms. The first kappa shape index (κ1) is 17.4. The van der Waals surface area contributed by atoms with Gasteiger partial charge in [-0.05, 0) is 48.4 Å². The second-order valence-corrected chi connectivity index (χ2v) is 6.87. The van der Waals surface area contributed by atoms with Gasteiger partial charge >= 0.3 is 0 Å². The van der Waals surface area contributed by atoms with Crippen molar-refractivity contribution in [3.8, 4) is 5.75 Å². The van der Waals surface area contributed by atoms with E-state index in [1.165, 1.54) is 6.42 Å². The smallest absolute Gasteiger partial charge is 0.246 e. The maximum atomic E-state index is 12.2. The van der Waals surface area contributed by atoms with Gasteiger partial charge in [0.1, 0.15) is 5.75 Å². The minimum absolute atomic E-state index is 0.0789. The maximum Gasteiger partial charge on any atom is 0.246 e. The topological polar surface area (TPSA) is 55.6 Å². The van der Waals surface area contributed by atoms with E-state index < -0.39 is 0 Å². The molecule has 126 valence electrons. The summed E-state index contributed by atoms with van der Waals surface area (Å²) in [5.41, 5.74) is 7.54. The number of anilines is 1. The Labute approximate surface area is 139 Å². The fraction of sp³-hybridized carbons (Fsp3) is 0.526. The normalized spacial score (nSPS) is 18.6. The van der Waals surface area contributed by atoms with Gasteiger partial charge in [0.2, 0.25) is 5.91 Å². The van der Waals surface area contributed by atoms with Gasteiger partial charge in [-0.1, -0.05) is 26.8 Å². The zero-order chi connectivity index (χ0) is 16.8. The zero-order valence-corrected chi connectivity index (χ0v) is 14.4. The van der Waals surface area contributed by atoms with Crippen molar-refractivity contribution >= 4 is 17.7 Å². The van der Waals surface area contributed by atoms with E-state index in [9.17, 15) is 4.79 Å². The number of nitrogen functional groups attached to an aromatic ring is 1. The number of benzene rings is 1. The van der Waals surface area contributed by atoms with Crippen LogP contribution in [-0.4, -0.2) is 30.5 Å². The lowest BCUT2D eigenvalue weighted by Crippen LogP contribution is -2.38. The van der Waals surface area contributed by atoms with E-state index in [4.69, 9.17) is 10.5 Å². The van der Waals surface area contributed by atoms with Crippen LogP contribution in [0.5, 0.6) is 5.75 Å². The van der Waals surface area contributed by atoms with Crippen LogP contribution in [0.15, 0.2) is 24.3 Å². The van der Waals surface area contributed by atoms with Gasteiger partial charge in [-0.15, -0.1) is 0 Å². The van der Waals surface area contributed by atoms with Gasteiger partial charge in [-0.3, -0.25) is 4.79 Å². The number of rotatable bonds is 5. The van der Waals surface area contributed by atoms with Crippen LogP contribution in [-0.2, 0) is 4.79 Å². The first-order valence-corrected chi connectivity index (χ1v) is 8.45. The Balaban J connectivity index is 1.96. The van der Waals surface area contributed by atoms with Gasteiger partial charge < -0.3 is 15.4 Å². The van der Waals surface area contributed by atoms with E-state index in [0.29, 0.717) is 29.9 Å². The molecular formula is C19H28N2O2. The molecular weight excluding hydrogens is 288 g/mol. The Morgan fingerprint density at radius 2 is 2.26 bits per heavy atom. The Morgan fingerprint density at radius 1 is 1.48 bits per heavy atom. The Bertz CT molecular complexity index is 566. The molecule has 1 aromatic carbocycles. The predicted octanol–water partition coefficient (Wildman–Crippen LogP) is 3.58. The van der Waals surface area contributed by atoms with Crippen LogP contribution in [0.25, 0.3) is 6.08 Å². The molecule has 0 radical (unpaired) electrons. The number of amides is 1. The van der Waals surface area contributed by atoms with Gasteiger partial charge in [0, 0.05) is 19.2 Å². The minimum atomic E-state index is 0.0789. The third kappa shape index (κ3) is 5.31. The summed E-state index contributed by atoms with van der Waals surface area (Å²) < 4.78 is 5.66. The van der Waals surface area contributed by atoms with E-state index in [2.05, 4.69) is 20.8 Å². The van der Waals surface area contributed by atoms with Crippen LogP contribution >= 0.6 is 0 Å². The molecule has 2 N–H and O–H groups in total. The first-order valence-electron chi connectivity index (χ1n) is 8.45. The summed E-state index contributed by atoms with van der Waals surface area (Å²) in [6.07, 6.45) is 5.77. The van der Waals surface area contributed by atoms with Crippen LogP contribution < -0.4 is 10.5 Å². The molecule has 1 saturated heterocycles. The highest BCUT2D eigenvalue weighted by Crippen LogP contribution is 2.24. The fourth-order valence-electron chi connectivity index (χ4n) is 2.72. The monoisotopic (exact) mass is 316 g/mol. The van der Waals surface area contributed by atoms with Crippen LogP contribution in [0.4, 0.5) is 5.69 Å². The van der Waals surface area contributed by atoms with Crippen LogP contribution in [0, 0.1) is 11.8 Å². The van der Waals surface area contributed by atoms with Crippen molar-refractivity contribution in [2.45, 2.75) is 33.6 Å². The lowest BCUT2D eigenvalue weighted by atomic mass is 10.0. The molecule has 1 unspecified atom stereocenters. The van der Waals surface area contributed by atoms with E-state index >= 15 is 0 Å². The van der Waals surface area contributed by atoms with Crippen molar-refractivity contribution in [1.29, 1.82) is 0 Å². The number of hydrogen-bond acceptors (Lipinski definition) is 3. The molecule has 0 aromatic heterocycles. The second-order valence-electron chi connectivity index (χ2n) is 6.87. The maximum absolute atomic E-state index is 12.2. The van der Waals surface area contributed by atoms with Crippen molar-refractivity contribution in [2.75, 3.05) is 25.4 Å². The summed E-state index contributed by atoms with van der Waals surface area (Å²) in [6, 6.07) is 5.64. The fourth-order valence-corrected chi connectivity index (χ4v) is 2.72. The molecule has 0 saturated carbocycles. The lowest BCUT2D eigenvalue weighted by Gasteiger charge is -2.30. The molecule has 2 rings (SSSR count). The largest absolute Gasteiger partial charge is 0.491 e. The number of nitrogens with zero attached hydrogens (tertiary/aromatic N) is 1. The minimum Gasteiger partial charge on any atom is -0.491 e. The van der Waals surface area contributed by atoms with E-state index in [1.807, 2.05) is 29.2 Å². The molecule has 1 fully saturated rings. The highest BCUT2D eigenvalue weighted by molar-refractivity contribution is 5.92. The van der Waals surface area contributed by atoms with Crippen LogP contribution in [0.1, 0.15) is 39.2 Å². The number of hydrogen-bond donors (Lipinski definition) is 1. The Hall–Kier alpha value is -1.97. The van der Waals surface area contributed by atoms with Gasteiger partial charge in [0.25, 0.3) is 0 Å². The highest BCUT2D eigenvalue weighted by Gasteiger charge is 2.18. The number of piperidine rings is 1. The van der Waals surface area contributed by atoms with Gasteiger partial charge in [-0.25, -0.2) is 0 Å². The SMILES string of the molecule is CC(C)COc1ccc(/C=C\C(=O)N2CCCC(C)C2)cc1N. The number of ether oxygens (including phenoxy) is 1. The summed E-state index contributed by atoms with van der Waals surface area (Å²) >= 11 is 0. The van der Waals surface area contributed by atoms with E-state index in [-0.39, 0.29) is 5.91 Å². The molecule has 0 bridgehead atoms. The van der Waals surface area contributed by atoms with Gasteiger partial charge in [-0.2, -0.15) is 0 Å². The van der Waals surface area contributed by atoms with Crippen molar-refractivity contribution in [3.05, 3.63) is 29.8 Å². The molecule has 1 aromatic rings. The average molecular weight is 316 g/mol. The van der Waals surface area contributed by atoms with Crippen molar-refractivity contribution < 1.29 is 9.53 Å². The summed E-state index contributed by atoms with van der Waals surface area (Å²) in [6.45, 7) is 8.75. The second kappa shape index (κ2) is 8.04. The molecule has 1 aliphatic heterocycles. The molecule has 1 amide bonds. The quantitative estimate of drug-likeness (QED) is 0.667. The molecule has 0 aliphatic carbocycles. The third-order valence-electron chi connectivity index (χ3n) is 3.99. The van der Waals surface area contributed by atoms with Crippen molar-refractivity contribution in [3.63, 3.8) is 0 Å². The molecule has 23 heavy (non-hydrogen) atoms. The predicted molar refractivity (Wildman–Crippen MR) is 95.2 cm³/mol.